The lowest BCUT2D eigenvalue weighted by Gasteiger charge is -2.26. The van der Waals surface area contributed by atoms with Gasteiger partial charge in [0, 0.05) is 13.1 Å². The van der Waals surface area contributed by atoms with Crippen molar-refractivity contribution in [2.75, 3.05) is 32.2 Å². The van der Waals surface area contributed by atoms with Crippen LogP contribution in [-0.2, 0) is 14.8 Å². The summed E-state index contributed by atoms with van der Waals surface area (Å²) < 4.78 is 35.1. The van der Waals surface area contributed by atoms with Crippen LogP contribution in [0.5, 0.6) is 5.75 Å². The highest BCUT2D eigenvalue weighted by atomic mass is 32.2. The summed E-state index contributed by atoms with van der Waals surface area (Å²) in [6.07, 6.45) is 0.675. The van der Waals surface area contributed by atoms with Gasteiger partial charge in [-0.15, -0.1) is 0 Å². The lowest BCUT2D eigenvalue weighted by Crippen LogP contribution is -2.42. The molecule has 1 aliphatic rings. The first-order valence-electron chi connectivity index (χ1n) is 5.92. The number of sulfonamides is 1. The molecule has 0 spiro atoms. The minimum absolute atomic E-state index is 0.202. The van der Waals surface area contributed by atoms with Gasteiger partial charge in [0.1, 0.15) is 5.75 Å². The Bertz CT molecular complexity index is 460. The van der Waals surface area contributed by atoms with E-state index in [0.717, 1.165) is 5.75 Å². The fourth-order valence-electron chi connectivity index (χ4n) is 1.74. The molecule has 1 saturated heterocycles. The first kappa shape index (κ1) is 13.3. The summed E-state index contributed by atoms with van der Waals surface area (Å²) in [5.74, 6) is 0.606. The zero-order valence-corrected chi connectivity index (χ0v) is 10.9. The molecule has 0 radical (unpaired) electrons. The van der Waals surface area contributed by atoms with Crippen molar-refractivity contribution in [2.45, 2.75) is 6.42 Å². The Morgan fingerprint density at radius 2 is 2.06 bits per heavy atom. The molecule has 0 atom stereocenters. The van der Waals surface area contributed by atoms with Crippen LogP contribution in [0, 0.1) is 0 Å². The molecule has 0 bridgehead atoms. The van der Waals surface area contributed by atoms with Crippen LogP contribution >= 0.6 is 0 Å². The minimum Gasteiger partial charge on any atom is -0.494 e. The smallest absolute Gasteiger partial charge is 0.238 e. The first-order chi connectivity index (χ1) is 8.68. The lowest BCUT2D eigenvalue weighted by molar-refractivity contribution is 0.130. The first-order valence-corrected chi connectivity index (χ1v) is 7.53. The number of rotatable bonds is 5. The molecule has 0 unspecified atom stereocenters. The average molecular weight is 271 g/mol. The maximum Gasteiger partial charge on any atom is 0.238 e. The number of para-hydroxylation sites is 1. The topological polar surface area (TPSA) is 55.8 Å². The van der Waals surface area contributed by atoms with E-state index in [0.29, 0.717) is 32.7 Å². The summed E-state index contributed by atoms with van der Waals surface area (Å²) in [5, 5.41) is 0. The van der Waals surface area contributed by atoms with Crippen molar-refractivity contribution in [3.8, 4) is 5.75 Å². The van der Waals surface area contributed by atoms with Crippen molar-refractivity contribution in [1.82, 2.24) is 4.31 Å². The van der Waals surface area contributed by atoms with Crippen LogP contribution in [0.25, 0.3) is 0 Å². The van der Waals surface area contributed by atoms with Gasteiger partial charge >= 0.3 is 0 Å². The Balaban J connectivity index is 1.72. The molecule has 0 amide bonds. The second-order valence-electron chi connectivity index (χ2n) is 4.05. The minimum atomic E-state index is -3.21. The fourth-order valence-corrected chi connectivity index (χ4v) is 2.98. The molecular weight excluding hydrogens is 254 g/mol. The van der Waals surface area contributed by atoms with Crippen LogP contribution in [0.1, 0.15) is 6.42 Å². The predicted octanol–water partition coefficient (Wildman–Crippen LogP) is 1.07. The van der Waals surface area contributed by atoms with Crippen molar-refractivity contribution in [3.63, 3.8) is 0 Å². The summed E-state index contributed by atoms with van der Waals surface area (Å²) in [4.78, 5) is 0. The molecule has 0 aromatic heterocycles. The van der Waals surface area contributed by atoms with E-state index in [9.17, 15) is 8.42 Å². The highest BCUT2D eigenvalue weighted by Crippen LogP contribution is 2.11. The van der Waals surface area contributed by atoms with E-state index in [1.54, 1.807) is 0 Å². The molecule has 2 rings (SSSR count). The van der Waals surface area contributed by atoms with Gasteiger partial charge in [-0.3, -0.25) is 0 Å². The molecule has 0 N–H and O–H groups in total. The van der Waals surface area contributed by atoms with Crippen LogP contribution in [0.4, 0.5) is 0 Å². The average Bonchev–Trinajstić information content (AvgIpc) is 2.37. The van der Waals surface area contributed by atoms with Gasteiger partial charge in [0.05, 0.1) is 13.2 Å². The molecule has 100 valence electrons. The summed E-state index contributed by atoms with van der Waals surface area (Å²) in [6.45, 7) is 1.90. The third-order valence-electron chi connectivity index (χ3n) is 2.67. The number of ether oxygens (including phenoxy) is 2. The van der Waals surface area contributed by atoms with E-state index in [1.807, 2.05) is 30.3 Å². The van der Waals surface area contributed by atoms with Crippen LogP contribution in [0.2, 0.25) is 0 Å². The van der Waals surface area contributed by atoms with Gasteiger partial charge in [-0.25, -0.2) is 8.42 Å². The number of nitrogens with zero attached hydrogens (tertiary/aromatic N) is 1. The van der Waals surface area contributed by atoms with E-state index in [2.05, 4.69) is 0 Å². The predicted molar refractivity (Wildman–Crippen MR) is 67.9 cm³/mol. The van der Waals surface area contributed by atoms with Crippen molar-refractivity contribution in [1.29, 1.82) is 0 Å². The lowest BCUT2D eigenvalue weighted by atomic mass is 10.3. The van der Waals surface area contributed by atoms with Gasteiger partial charge in [-0.2, -0.15) is 4.31 Å². The van der Waals surface area contributed by atoms with Crippen LogP contribution in [-0.4, -0.2) is 45.0 Å². The molecular formula is C12H17NO4S. The van der Waals surface area contributed by atoms with Gasteiger partial charge in [0.25, 0.3) is 0 Å². The molecule has 0 aliphatic carbocycles. The summed E-state index contributed by atoms with van der Waals surface area (Å²) in [5.41, 5.74) is 0. The number of hydrogen-bond donors (Lipinski definition) is 0. The van der Waals surface area contributed by atoms with Crippen LogP contribution in [0.15, 0.2) is 30.3 Å². The highest BCUT2D eigenvalue weighted by Gasteiger charge is 2.25. The zero-order chi connectivity index (χ0) is 12.8. The van der Waals surface area contributed by atoms with E-state index in [1.165, 1.54) is 4.31 Å². The Morgan fingerprint density at radius 1 is 1.28 bits per heavy atom. The van der Waals surface area contributed by atoms with Gasteiger partial charge in [-0.05, 0) is 18.6 Å². The summed E-state index contributed by atoms with van der Waals surface area (Å²) >= 11 is 0. The SMILES string of the molecule is O=S1(=O)COCCN1CCCOc1ccccc1. The summed E-state index contributed by atoms with van der Waals surface area (Å²) in [6, 6.07) is 9.49. The van der Waals surface area contributed by atoms with E-state index in [-0.39, 0.29) is 5.94 Å². The van der Waals surface area contributed by atoms with Gasteiger partial charge in [0.15, 0.2) is 5.94 Å². The van der Waals surface area contributed by atoms with Crippen molar-refractivity contribution >= 4 is 10.0 Å². The second kappa shape index (κ2) is 6.17. The highest BCUT2D eigenvalue weighted by molar-refractivity contribution is 7.88. The van der Waals surface area contributed by atoms with Gasteiger partial charge in [-0.1, -0.05) is 18.2 Å². The Morgan fingerprint density at radius 3 is 2.78 bits per heavy atom. The maximum atomic E-state index is 11.6. The number of hydrogen-bond acceptors (Lipinski definition) is 4. The zero-order valence-electron chi connectivity index (χ0n) is 10.1. The Hall–Kier alpha value is -1.11. The van der Waals surface area contributed by atoms with Crippen molar-refractivity contribution < 1.29 is 17.9 Å². The quantitative estimate of drug-likeness (QED) is 0.752. The van der Waals surface area contributed by atoms with Crippen molar-refractivity contribution in [2.24, 2.45) is 0 Å². The largest absolute Gasteiger partial charge is 0.494 e. The molecule has 1 aromatic carbocycles. The monoisotopic (exact) mass is 271 g/mol. The maximum absolute atomic E-state index is 11.6. The molecule has 1 aliphatic heterocycles. The molecule has 1 heterocycles. The van der Waals surface area contributed by atoms with Crippen molar-refractivity contribution in [3.05, 3.63) is 30.3 Å². The number of benzene rings is 1. The van der Waals surface area contributed by atoms with Gasteiger partial charge in [0.2, 0.25) is 10.0 Å². The van der Waals surface area contributed by atoms with E-state index >= 15 is 0 Å². The van der Waals surface area contributed by atoms with Gasteiger partial charge < -0.3 is 9.47 Å². The van der Waals surface area contributed by atoms with Crippen LogP contribution in [0.3, 0.4) is 0 Å². The van der Waals surface area contributed by atoms with E-state index < -0.39 is 10.0 Å². The molecule has 1 aromatic rings. The van der Waals surface area contributed by atoms with Crippen LogP contribution < -0.4 is 4.74 Å². The Kier molecular flexibility index (Phi) is 4.57. The standard InChI is InChI=1S/C12H17NO4S/c14-18(15)11-16-10-8-13(18)7-4-9-17-12-5-2-1-3-6-12/h1-3,5-6H,4,7-11H2. The van der Waals surface area contributed by atoms with E-state index in [4.69, 9.17) is 9.47 Å². The molecule has 0 saturated carbocycles. The fraction of sp³-hybridized carbons (Fsp3) is 0.500. The molecule has 1 fully saturated rings. The third kappa shape index (κ3) is 3.69. The second-order valence-corrected chi connectivity index (χ2v) is 5.97. The summed E-state index contributed by atoms with van der Waals surface area (Å²) in [7, 11) is -3.21. The Labute approximate surface area is 107 Å². The normalized spacial score (nSPS) is 19.6. The molecule has 18 heavy (non-hydrogen) atoms. The third-order valence-corrected chi connectivity index (χ3v) is 4.29. The molecule has 6 heteroatoms. The molecule has 5 nitrogen and oxygen atoms in total.